The molecule has 1 aliphatic rings. The SMILES string of the molecule is CC(CNCc1cc(OC2CCNCC2)nc(C(F)(F)F)c1)OI. The van der Waals surface area contributed by atoms with E-state index < -0.39 is 11.9 Å². The quantitative estimate of drug-likeness (QED) is 0.615. The van der Waals surface area contributed by atoms with Gasteiger partial charge in [-0.05, 0) is 44.5 Å². The number of hydrogen-bond donors (Lipinski definition) is 2. The van der Waals surface area contributed by atoms with Crippen LogP contribution in [-0.4, -0.2) is 36.8 Å². The summed E-state index contributed by atoms with van der Waals surface area (Å²) in [4.78, 5) is 3.64. The van der Waals surface area contributed by atoms with Gasteiger partial charge in [-0.3, -0.25) is 0 Å². The van der Waals surface area contributed by atoms with Crippen LogP contribution in [0.2, 0.25) is 0 Å². The van der Waals surface area contributed by atoms with Gasteiger partial charge in [0.05, 0.1) is 6.10 Å². The van der Waals surface area contributed by atoms with Crippen LogP contribution < -0.4 is 15.4 Å². The summed E-state index contributed by atoms with van der Waals surface area (Å²) >= 11 is 1.80. The molecule has 2 rings (SSSR count). The second-order valence-corrected chi connectivity index (χ2v) is 6.30. The van der Waals surface area contributed by atoms with Crippen molar-refractivity contribution >= 4 is 23.0 Å². The fourth-order valence-electron chi connectivity index (χ4n) is 2.40. The van der Waals surface area contributed by atoms with Crippen molar-refractivity contribution in [3.05, 3.63) is 23.4 Å². The van der Waals surface area contributed by atoms with Gasteiger partial charge in [0.15, 0.2) is 0 Å². The van der Waals surface area contributed by atoms with E-state index in [9.17, 15) is 13.2 Å². The lowest BCUT2D eigenvalue weighted by Crippen LogP contribution is -2.34. The van der Waals surface area contributed by atoms with Gasteiger partial charge in [-0.1, -0.05) is 0 Å². The van der Waals surface area contributed by atoms with Crippen molar-refractivity contribution in [1.82, 2.24) is 15.6 Å². The standard InChI is InChI=1S/C15H21F3IN3O2/c1-10(24-19)8-21-9-11-6-13(15(16,17)18)22-14(7-11)23-12-2-4-20-5-3-12/h6-7,10,12,20-21H,2-5,8-9H2,1H3. The lowest BCUT2D eigenvalue weighted by molar-refractivity contribution is -0.141. The highest BCUT2D eigenvalue weighted by molar-refractivity contribution is 14.1. The molecule has 1 saturated heterocycles. The first-order valence-electron chi connectivity index (χ1n) is 7.82. The Morgan fingerprint density at radius 3 is 2.71 bits per heavy atom. The normalized spacial score (nSPS) is 17.7. The molecular weight excluding hydrogens is 438 g/mol. The molecule has 1 aromatic heterocycles. The molecule has 1 unspecified atom stereocenters. The van der Waals surface area contributed by atoms with Crippen LogP contribution in [0.15, 0.2) is 12.1 Å². The van der Waals surface area contributed by atoms with Crippen molar-refractivity contribution in [3.8, 4) is 5.88 Å². The van der Waals surface area contributed by atoms with Gasteiger partial charge in [0.25, 0.3) is 0 Å². The first-order valence-corrected chi connectivity index (χ1v) is 8.70. The van der Waals surface area contributed by atoms with Crippen molar-refractivity contribution in [1.29, 1.82) is 0 Å². The van der Waals surface area contributed by atoms with Crippen LogP contribution in [-0.2, 0) is 15.8 Å². The van der Waals surface area contributed by atoms with E-state index in [2.05, 4.69) is 15.6 Å². The van der Waals surface area contributed by atoms with Crippen LogP contribution in [0.3, 0.4) is 0 Å². The van der Waals surface area contributed by atoms with E-state index in [4.69, 9.17) is 7.80 Å². The van der Waals surface area contributed by atoms with Crippen molar-refractivity contribution in [2.24, 2.45) is 0 Å². The van der Waals surface area contributed by atoms with Crippen LogP contribution >= 0.6 is 23.0 Å². The Hall–Kier alpha value is -0.650. The first-order chi connectivity index (χ1) is 11.4. The number of alkyl halides is 3. The van der Waals surface area contributed by atoms with Crippen LogP contribution in [0.25, 0.3) is 0 Å². The third-order valence-electron chi connectivity index (χ3n) is 3.64. The summed E-state index contributed by atoms with van der Waals surface area (Å²) in [5.41, 5.74) is -0.439. The van der Waals surface area contributed by atoms with Crippen LogP contribution in [0.5, 0.6) is 5.88 Å². The van der Waals surface area contributed by atoms with Gasteiger partial charge in [-0.25, -0.2) is 4.98 Å². The van der Waals surface area contributed by atoms with E-state index in [0.717, 1.165) is 32.0 Å². The fourth-order valence-corrected chi connectivity index (χ4v) is 2.58. The largest absolute Gasteiger partial charge is 0.474 e. The molecular formula is C15H21F3IN3O2. The number of nitrogens with one attached hydrogen (secondary N) is 2. The summed E-state index contributed by atoms with van der Waals surface area (Å²) in [6.07, 6.45) is -3.11. The highest BCUT2D eigenvalue weighted by Gasteiger charge is 2.33. The summed E-state index contributed by atoms with van der Waals surface area (Å²) in [6.45, 7) is 4.30. The molecule has 24 heavy (non-hydrogen) atoms. The molecule has 9 heteroatoms. The Bertz CT molecular complexity index is 525. The minimum atomic E-state index is -4.50. The summed E-state index contributed by atoms with van der Waals surface area (Å²) in [6, 6.07) is 2.62. The van der Waals surface area contributed by atoms with E-state index in [0.29, 0.717) is 18.7 Å². The number of aromatic nitrogens is 1. The number of hydrogen-bond acceptors (Lipinski definition) is 5. The van der Waals surface area contributed by atoms with Gasteiger partial charge in [0, 0.05) is 19.2 Å². The second-order valence-electron chi connectivity index (χ2n) is 5.79. The van der Waals surface area contributed by atoms with Crippen LogP contribution in [0, 0.1) is 0 Å². The van der Waals surface area contributed by atoms with Gasteiger partial charge in [-0.15, -0.1) is 0 Å². The maximum Gasteiger partial charge on any atom is 0.433 e. The van der Waals surface area contributed by atoms with Crippen molar-refractivity contribution in [2.75, 3.05) is 19.6 Å². The van der Waals surface area contributed by atoms with Crippen molar-refractivity contribution in [2.45, 2.75) is 44.7 Å². The predicted octanol–water partition coefficient (Wildman–Crippen LogP) is 3.08. The predicted molar refractivity (Wildman–Crippen MR) is 92.0 cm³/mol. The third-order valence-corrected chi connectivity index (χ3v) is 4.51. The Balaban J connectivity index is 2.08. The maximum atomic E-state index is 13.1. The smallest absolute Gasteiger partial charge is 0.433 e. The third kappa shape index (κ3) is 6.34. The van der Waals surface area contributed by atoms with Crippen molar-refractivity contribution in [3.63, 3.8) is 0 Å². The molecule has 5 nitrogen and oxygen atoms in total. The molecule has 0 bridgehead atoms. The molecule has 0 aliphatic carbocycles. The maximum absolute atomic E-state index is 13.1. The Kier molecular flexibility index (Phi) is 7.51. The second kappa shape index (κ2) is 9.16. The monoisotopic (exact) mass is 459 g/mol. The minimum Gasteiger partial charge on any atom is -0.474 e. The summed E-state index contributed by atoms with van der Waals surface area (Å²) in [5, 5.41) is 6.26. The number of pyridine rings is 1. The number of rotatable bonds is 7. The molecule has 0 radical (unpaired) electrons. The lowest BCUT2D eigenvalue weighted by Gasteiger charge is -2.24. The average Bonchev–Trinajstić information content (AvgIpc) is 2.54. The van der Waals surface area contributed by atoms with E-state index in [-0.39, 0.29) is 18.1 Å². The lowest BCUT2D eigenvalue weighted by atomic mass is 10.1. The molecule has 1 aliphatic heterocycles. The zero-order valence-corrected chi connectivity index (χ0v) is 15.5. The Morgan fingerprint density at radius 1 is 1.38 bits per heavy atom. The molecule has 0 spiro atoms. The van der Waals surface area contributed by atoms with E-state index >= 15 is 0 Å². The molecule has 2 heterocycles. The Morgan fingerprint density at radius 2 is 2.08 bits per heavy atom. The zero-order chi connectivity index (χ0) is 17.6. The van der Waals surface area contributed by atoms with Crippen LogP contribution in [0.1, 0.15) is 31.0 Å². The van der Waals surface area contributed by atoms with E-state index in [1.807, 2.05) is 6.92 Å². The fraction of sp³-hybridized carbons (Fsp3) is 0.667. The zero-order valence-electron chi connectivity index (χ0n) is 13.3. The van der Waals surface area contributed by atoms with E-state index in [1.54, 1.807) is 29.1 Å². The first kappa shape index (κ1) is 19.7. The van der Waals surface area contributed by atoms with Gasteiger partial charge in [-0.2, -0.15) is 13.2 Å². The minimum absolute atomic E-state index is 0.0278. The molecule has 0 aromatic carbocycles. The molecule has 136 valence electrons. The molecule has 0 amide bonds. The summed E-state index contributed by atoms with van der Waals surface area (Å²) in [5.74, 6) is 0.0340. The highest BCUT2D eigenvalue weighted by atomic mass is 127. The van der Waals surface area contributed by atoms with Gasteiger partial charge < -0.3 is 18.4 Å². The van der Waals surface area contributed by atoms with Gasteiger partial charge in [0.1, 0.15) is 34.8 Å². The van der Waals surface area contributed by atoms with Gasteiger partial charge in [0.2, 0.25) is 5.88 Å². The molecule has 2 N–H and O–H groups in total. The number of piperidine rings is 1. The molecule has 1 fully saturated rings. The van der Waals surface area contributed by atoms with Crippen molar-refractivity contribution < 1.29 is 21.0 Å². The highest BCUT2D eigenvalue weighted by Crippen LogP contribution is 2.30. The summed E-state index contributed by atoms with van der Waals surface area (Å²) in [7, 11) is 0. The average molecular weight is 459 g/mol. The van der Waals surface area contributed by atoms with Gasteiger partial charge >= 0.3 is 6.18 Å². The number of nitrogens with zero attached hydrogens (tertiary/aromatic N) is 1. The molecule has 1 atom stereocenters. The number of ether oxygens (including phenoxy) is 1. The summed E-state index contributed by atoms with van der Waals surface area (Å²) < 4.78 is 49.9. The molecule has 1 aromatic rings. The Labute approximate surface area is 153 Å². The number of halogens is 4. The molecule has 0 saturated carbocycles. The van der Waals surface area contributed by atoms with E-state index in [1.165, 1.54) is 0 Å². The topological polar surface area (TPSA) is 55.4 Å². The van der Waals surface area contributed by atoms with Crippen LogP contribution in [0.4, 0.5) is 13.2 Å².